The maximum atomic E-state index is 13.2. The van der Waals surface area contributed by atoms with Crippen LogP contribution in [0.25, 0.3) is 0 Å². The second-order valence-electron chi connectivity index (χ2n) is 3.04. The molecule has 0 saturated heterocycles. The Morgan fingerprint density at radius 1 is 1.47 bits per heavy atom. The topological polar surface area (TPSA) is 26.3 Å². The lowest BCUT2D eigenvalue weighted by molar-refractivity contribution is -0.137. The molecular weight excluding hydrogens is 246 g/mol. The number of esters is 1. The zero-order chi connectivity index (χ0) is 12.7. The molecule has 1 aromatic carbocycles. The summed E-state index contributed by atoms with van der Waals surface area (Å²) in [5.74, 6) is -1.21. The van der Waals surface area contributed by atoms with Crippen LogP contribution >= 0.6 is 11.8 Å². The maximum Gasteiger partial charge on any atom is 0.330 e. The summed E-state index contributed by atoms with van der Waals surface area (Å²) in [6.45, 7) is 2.04. The molecule has 17 heavy (non-hydrogen) atoms. The molecule has 92 valence electrons. The predicted octanol–water partition coefficient (Wildman–Crippen LogP) is 3.18. The molecule has 1 rings (SSSR count). The van der Waals surface area contributed by atoms with Crippen molar-refractivity contribution in [2.45, 2.75) is 11.8 Å². The van der Waals surface area contributed by atoms with Crippen molar-refractivity contribution in [2.75, 3.05) is 12.4 Å². The van der Waals surface area contributed by atoms with Gasteiger partial charge < -0.3 is 4.74 Å². The normalized spacial score (nSPS) is 10.8. The monoisotopic (exact) mass is 258 g/mol. The van der Waals surface area contributed by atoms with Crippen LogP contribution in [-0.2, 0) is 9.53 Å². The first-order valence-electron chi connectivity index (χ1n) is 5.04. The average molecular weight is 258 g/mol. The van der Waals surface area contributed by atoms with Gasteiger partial charge in [0.1, 0.15) is 11.6 Å². The third kappa shape index (κ3) is 4.99. The average Bonchev–Trinajstić information content (AvgIpc) is 2.27. The molecule has 0 saturated carbocycles. The third-order valence-electron chi connectivity index (χ3n) is 1.77. The summed E-state index contributed by atoms with van der Waals surface area (Å²) in [6, 6.07) is 3.39. The van der Waals surface area contributed by atoms with Crippen molar-refractivity contribution < 1.29 is 18.3 Å². The minimum atomic E-state index is -0.603. The van der Waals surface area contributed by atoms with Crippen LogP contribution in [0, 0.1) is 11.6 Å². The van der Waals surface area contributed by atoms with E-state index in [0.717, 1.165) is 6.07 Å². The summed E-state index contributed by atoms with van der Waals surface area (Å²) in [5, 5.41) is 0. The Labute approximate surface area is 103 Å². The molecule has 5 heteroatoms. The summed E-state index contributed by atoms with van der Waals surface area (Å²) in [5.41, 5.74) is 0. The highest BCUT2D eigenvalue weighted by Crippen LogP contribution is 2.22. The van der Waals surface area contributed by atoms with Crippen molar-refractivity contribution >= 4 is 17.7 Å². The number of thioether (sulfide) groups is 1. The van der Waals surface area contributed by atoms with Gasteiger partial charge in [-0.1, -0.05) is 6.08 Å². The summed E-state index contributed by atoms with van der Waals surface area (Å²) in [4.78, 5) is 11.3. The van der Waals surface area contributed by atoms with Crippen molar-refractivity contribution in [1.82, 2.24) is 0 Å². The molecule has 0 aliphatic rings. The van der Waals surface area contributed by atoms with E-state index in [-0.39, 0.29) is 0 Å². The first-order chi connectivity index (χ1) is 8.13. The lowest BCUT2D eigenvalue weighted by atomic mass is 10.3. The molecule has 0 aliphatic carbocycles. The van der Waals surface area contributed by atoms with Crippen LogP contribution < -0.4 is 0 Å². The molecule has 0 aromatic heterocycles. The standard InChI is InChI=1S/C12H12F2O2S/c1-2-16-12(15)4-3-7-17-11-6-5-9(13)8-10(11)14/h3-6,8H,2,7H2,1H3/b4-3+. The van der Waals surface area contributed by atoms with E-state index in [0.29, 0.717) is 17.3 Å². The van der Waals surface area contributed by atoms with Gasteiger partial charge in [-0.3, -0.25) is 0 Å². The van der Waals surface area contributed by atoms with Gasteiger partial charge in [0.15, 0.2) is 0 Å². The number of hydrogen-bond acceptors (Lipinski definition) is 3. The van der Waals surface area contributed by atoms with E-state index >= 15 is 0 Å². The lowest BCUT2D eigenvalue weighted by Gasteiger charge is -2.00. The third-order valence-corrected chi connectivity index (χ3v) is 2.77. The lowest BCUT2D eigenvalue weighted by Crippen LogP contribution is -1.98. The van der Waals surface area contributed by atoms with E-state index in [1.165, 1.54) is 30.0 Å². The van der Waals surface area contributed by atoms with Crippen molar-refractivity contribution in [3.63, 3.8) is 0 Å². The minimum Gasteiger partial charge on any atom is -0.463 e. The van der Waals surface area contributed by atoms with E-state index in [4.69, 9.17) is 0 Å². The smallest absolute Gasteiger partial charge is 0.330 e. The number of rotatable bonds is 5. The van der Waals surface area contributed by atoms with Gasteiger partial charge in [-0.05, 0) is 19.1 Å². The molecule has 1 aromatic rings. The van der Waals surface area contributed by atoms with Gasteiger partial charge in [-0.25, -0.2) is 13.6 Å². The molecule has 0 radical (unpaired) electrons. The highest BCUT2D eigenvalue weighted by Gasteiger charge is 2.03. The molecule has 0 unspecified atom stereocenters. The summed E-state index contributed by atoms with van der Waals surface area (Å²) in [7, 11) is 0. The molecule has 0 bridgehead atoms. The summed E-state index contributed by atoms with van der Waals surface area (Å²) >= 11 is 1.18. The summed E-state index contributed by atoms with van der Waals surface area (Å²) < 4.78 is 30.5. The molecule has 2 nitrogen and oxygen atoms in total. The maximum absolute atomic E-state index is 13.2. The highest BCUT2D eigenvalue weighted by atomic mass is 32.2. The Hall–Kier alpha value is -1.36. The largest absolute Gasteiger partial charge is 0.463 e. The van der Waals surface area contributed by atoms with E-state index < -0.39 is 17.6 Å². The van der Waals surface area contributed by atoms with E-state index in [9.17, 15) is 13.6 Å². The number of benzene rings is 1. The van der Waals surface area contributed by atoms with Crippen molar-refractivity contribution in [3.05, 3.63) is 42.0 Å². The molecule has 0 spiro atoms. The van der Waals surface area contributed by atoms with Gasteiger partial charge in [-0.2, -0.15) is 0 Å². The number of carbonyl (C=O) groups is 1. The van der Waals surface area contributed by atoms with Gasteiger partial charge in [0.25, 0.3) is 0 Å². The Kier molecular flexibility index (Phi) is 5.69. The fraction of sp³-hybridized carbons (Fsp3) is 0.250. The van der Waals surface area contributed by atoms with Crippen LogP contribution in [0.15, 0.2) is 35.2 Å². The molecule has 0 N–H and O–H groups in total. The number of halogens is 2. The van der Waals surface area contributed by atoms with Crippen LogP contribution in [0.3, 0.4) is 0 Å². The van der Waals surface area contributed by atoms with Crippen LogP contribution in [0.1, 0.15) is 6.92 Å². The van der Waals surface area contributed by atoms with Gasteiger partial charge in [0.2, 0.25) is 0 Å². The van der Waals surface area contributed by atoms with E-state index in [2.05, 4.69) is 4.74 Å². The van der Waals surface area contributed by atoms with Crippen molar-refractivity contribution in [1.29, 1.82) is 0 Å². The van der Waals surface area contributed by atoms with Crippen LogP contribution in [0.4, 0.5) is 8.78 Å². The van der Waals surface area contributed by atoms with E-state index in [1.54, 1.807) is 13.0 Å². The van der Waals surface area contributed by atoms with Crippen LogP contribution in [0.2, 0.25) is 0 Å². The number of ether oxygens (including phenoxy) is 1. The summed E-state index contributed by atoms with van der Waals surface area (Å²) in [6.07, 6.45) is 2.86. The highest BCUT2D eigenvalue weighted by molar-refractivity contribution is 7.99. The molecular formula is C12H12F2O2S. The second-order valence-corrected chi connectivity index (χ2v) is 4.10. The quantitative estimate of drug-likeness (QED) is 0.461. The fourth-order valence-electron chi connectivity index (χ4n) is 1.06. The fourth-order valence-corrected chi connectivity index (χ4v) is 1.80. The second kappa shape index (κ2) is 7.06. The molecule has 0 aliphatic heterocycles. The number of hydrogen-bond donors (Lipinski definition) is 0. The zero-order valence-electron chi connectivity index (χ0n) is 9.28. The predicted molar refractivity (Wildman–Crippen MR) is 62.9 cm³/mol. The Morgan fingerprint density at radius 2 is 2.24 bits per heavy atom. The number of carbonyl (C=O) groups excluding carboxylic acids is 1. The molecule has 0 fully saturated rings. The van der Waals surface area contributed by atoms with Crippen molar-refractivity contribution in [3.8, 4) is 0 Å². The van der Waals surface area contributed by atoms with E-state index in [1.807, 2.05) is 0 Å². The Morgan fingerprint density at radius 3 is 2.88 bits per heavy atom. The van der Waals surface area contributed by atoms with Crippen LogP contribution in [-0.4, -0.2) is 18.3 Å². The molecule has 0 heterocycles. The first-order valence-corrected chi connectivity index (χ1v) is 6.03. The Balaban J connectivity index is 2.43. The van der Waals surface area contributed by atoms with Gasteiger partial charge in [0.05, 0.1) is 6.61 Å². The van der Waals surface area contributed by atoms with Crippen LogP contribution in [0.5, 0.6) is 0 Å². The Bertz CT molecular complexity index is 419. The molecule has 0 amide bonds. The molecule has 0 atom stereocenters. The first kappa shape index (κ1) is 13.7. The SMILES string of the molecule is CCOC(=O)/C=C/CSc1ccc(F)cc1F. The van der Waals surface area contributed by atoms with Gasteiger partial charge in [0, 0.05) is 22.8 Å². The van der Waals surface area contributed by atoms with Gasteiger partial charge in [-0.15, -0.1) is 11.8 Å². The zero-order valence-corrected chi connectivity index (χ0v) is 10.1. The minimum absolute atomic E-state index is 0.322. The van der Waals surface area contributed by atoms with Crippen molar-refractivity contribution in [2.24, 2.45) is 0 Å². The van der Waals surface area contributed by atoms with Gasteiger partial charge >= 0.3 is 5.97 Å².